The third-order valence-electron chi connectivity index (χ3n) is 4.28. The van der Waals surface area contributed by atoms with Crippen LogP contribution in [-0.2, 0) is 0 Å². The molecule has 0 saturated heterocycles. The maximum absolute atomic E-state index is 5.43. The maximum atomic E-state index is 5.43. The molecule has 0 aliphatic rings. The molecule has 8 heteroatoms. The summed E-state index contributed by atoms with van der Waals surface area (Å²) in [4.78, 5) is 10.4. The lowest BCUT2D eigenvalue weighted by Crippen LogP contribution is -2.09. The van der Waals surface area contributed by atoms with Gasteiger partial charge in [0.25, 0.3) is 0 Å². The molecule has 1 aromatic heterocycles. The lowest BCUT2D eigenvalue weighted by molar-refractivity contribution is 0.356. The molecular weight excluding hydrogens is 378 g/mol. The number of rotatable bonds is 6. The minimum atomic E-state index is 0. The second kappa shape index (κ2) is 10.1. The highest BCUT2D eigenvalue weighted by Crippen LogP contribution is 2.35. The van der Waals surface area contributed by atoms with Gasteiger partial charge in [-0.3, -0.25) is 0 Å². The first-order chi connectivity index (χ1) is 12.5. The molecule has 7 nitrogen and oxygen atoms in total. The molecule has 0 aliphatic heterocycles. The van der Waals surface area contributed by atoms with E-state index in [1.807, 2.05) is 19.1 Å². The van der Waals surface area contributed by atoms with Crippen LogP contribution in [-0.4, -0.2) is 41.4 Å². The number of benzene rings is 2. The number of ether oxygens (including phenoxy) is 2. The molecule has 2 aromatic carbocycles. The number of methoxy groups -OCH3 is 2. The average Bonchev–Trinajstić information content (AvgIpc) is 2.66. The highest BCUT2D eigenvalue weighted by molar-refractivity contribution is 7.98. The molecule has 28 heavy (non-hydrogen) atoms. The zero-order valence-corrected chi connectivity index (χ0v) is 17.5. The molecule has 1 atom stereocenters. The van der Waals surface area contributed by atoms with E-state index in [-0.39, 0.29) is 17.0 Å². The number of aromatic nitrogens is 2. The zero-order valence-electron chi connectivity index (χ0n) is 16.7. The van der Waals surface area contributed by atoms with E-state index in [1.54, 1.807) is 26.0 Å². The van der Waals surface area contributed by atoms with Crippen LogP contribution in [0, 0.1) is 6.92 Å². The quantitative estimate of drug-likeness (QED) is 0.629. The van der Waals surface area contributed by atoms with E-state index in [9.17, 15) is 0 Å². The molecule has 0 bridgehead atoms. The molecule has 0 spiro atoms. The fraction of sp³-hybridized carbons (Fsp3) is 0.300. The van der Waals surface area contributed by atoms with E-state index in [0.717, 1.165) is 16.7 Å². The summed E-state index contributed by atoms with van der Waals surface area (Å²) in [6.45, 7) is 4.01. The van der Waals surface area contributed by atoms with Crippen LogP contribution in [0.5, 0.6) is 11.5 Å². The highest BCUT2D eigenvalue weighted by Gasteiger charge is 2.14. The predicted octanol–water partition coefficient (Wildman–Crippen LogP) is 3.20. The number of aryl methyl sites for hydroxylation is 1. The van der Waals surface area contributed by atoms with Gasteiger partial charge >= 0.3 is 0 Å². The van der Waals surface area contributed by atoms with Gasteiger partial charge in [-0.2, -0.15) is 0 Å². The fourth-order valence-electron chi connectivity index (χ4n) is 2.86. The van der Waals surface area contributed by atoms with Crippen molar-refractivity contribution in [2.24, 2.45) is 0 Å². The van der Waals surface area contributed by atoms with E-state index in [1.165, 1.54) is 10.5 Å². The SMILES string of the molecule is COc1cc2nc(C)nc(N[C@H](C)c3ccc(SC)cc3)c2cc1OC.O.O. The molecule has 0 saturated carbocycles. The van der Waals surface area contributed by atoms with Crippen LogP contribution in [0.3, 0.4) is 0 Å². The lowest BCUT2D eigenvalue weighted by atomic mass is 10.1. The number of hydrogen-bond acceptors (Lipinski definition) is 6. The van der Waals surface area contributed by atoms with Crippen molar-refractivity contribution in [2.75, 3.05) is 25.8 Å². The average molecular weight is 406 g/mol. The third-order valence-corrected chi connectivity index (χ3v) is 5.03. The first kappa shape index (κ1) is 23.5. The monoisotopic (exact) mass is 405 g/mol. The number of nitrogens with one attached hydrogen (secondary N) is 1. The second-order valence-electron chi connectivity index (χ2n) is 5.98. The number of thioether (sulfide) groups is 1. The minimum absolute atomic E-state index is 0. The molecular formula is C20H27N3O4S. The number of anilines is 1. The van der Waals surface area contributed by atoms with Gasteiger partial charge in [-0.1, -0.05) is 12.1 Å². The van der Waals surface area contributed by atoms with Gasteiger partial charge < -0.3 is 25.7 Å². The van der Waals surface area contributed by atoms with Crippen molar-refractivity contribution in [1.29, 1.82) is 0 Å². The Bertz CT molecular complexity index is 919. The Labute approximate surface area is 169 Å². The minimum Gasteiger partial charge on any atom is -0.493 e. The summed E-state index contributed by atoms with van der Waals surface area (Å²) in [5.74, 6) is 2.81. The topological polar surface area (TPSA) is 119 Å². The molecule has 0 radical (unpaired) electrons. The Hall–Kier alpha value is -2.55. The van der Waals surface area contributed by atoms with E-state index < -0.39 is 0 Å². The molecule has 0 amide bonds. The summed E-state index contributed by atoms with van der Waals surface area (Å²) >= 11 is 1.74. The van der Waals surface area contributed by atoms with Gasteiger partial charge in [0.2, 0.25) is 0 Å². The van der Waals surface area contributed by atoms with Crippen molar-refractivity contribution in [3.63, 3.8) is 0 Å². The van der Waals surface area contributed by atoms with Gasteiger partial charge in [0.05, 0.1) is 19.7 Å². The Morgan fingerprint density at radius 3 is 2.14 bits per heavy atom. The first-order valence-electron chi connectivity index (χ1n) is 8.36. The van der Waals surface area contributed by atoms with Crippen LogP contribution >= 0.6 is 11.8 Å². The maximum Gasteiger partial charge on any atom is 0.162 e. The van der Waals surface area contributed by atoms with Crippen molar-refractivity contribution in [3.05, 3.63) is 47.8 Å². The summed E-state index contributed by atoms with van der Waals surface area (Å²) in [6, 6.07) is 12.5. The normalized spacial score (nSPS) is 11.2. The van der Waals surface area contributed by atoms with Crippen molar-refractivity contribution in [1.82, 2.24) is 9.97 Å². The molecule has 3 rings (SSSR count). The van der Waals surface area contributed by atoms with E-state index in [2.05, 4.69) is 52.7 Å². The van der Waals surface area contributed by atoms with Crippen molar-refractivity contribution < 1.29 is 20.4 Å². The first-order valence-corrected chi connectivity index (χ1v) is 9.59. The lowest BCUT2D eigenvalue weighted by Gasteiger charge is -2.18. The van der Waals surface area contributed by atoms with Crippen molar-refractivity contribution >= 4 is 28.5 Å². The highest BCUT2D eigenvalue weighted by atomic mass is 32.2. The van der Waals surface area contributed by atoms with Crippen LogP contribution < -0.4 is 14.8 Å². The Kier molecular flexibility index (Phi) is 8.49. The molecule has 152 valence electrons. The van der Waals surface area contributed by atoms with Crippen LogP contribution in [0.2, 0.25) is 0 Å². The Morgan fingerprint density at radius 1 is 0.964 bits per heavy atom. The Morgan fingerprint density at radius 2 is 1.57 bits per heavy atom. The number of fused-ring (bicyclic) bond motifs is 1. The van der Waals surface area contributed by atoms with Crippen molar-refractivity contribution in [2.45, 2.75) is 24.8 Å². The number of nitrogens with zero attached hydrogens (tertiary/aromatic N) is 2. The van der Waals surface area contributed by atoms with E-state index in [4.69, 9.17) is 9.47 Å². The van der Waals surface area contributed by atoms with Gasteiger partial charge in [0.1, 0.15) is 11.6 Å². The molecule has 3 aromatic rings. The van der Waals surface area contributed by atoms with Crippen LogP contribution in [0.25, 0.3) is 10.9 Å². The summed E-state index contributed by atoms with van der Waals surface area (Å²) < 4.78 is 10.8. The van der Waals surface area contributed by atoms with Gasteiger partial charge in [-0.05, 0) is 43.9 Å². The van der Waals surface area contributed by atoms with Crippen LogP contribution in [0.15, 0.2) is 41.3 Å². The summed E-state index contributed by atoms with van der Waals surface area (Å²) in [5.41, 5.74) is 2.02. The summed E-state index contributed by atoms with van der Waals surface area (Å²) in [6.07, 6.45) is 2.08. The molecule has 1 heterocycles. The van der Waals surface area contributed by atoms with Gasteiger partial charge in [0.15, 0.2) is 11.5 Å². The van der Waals surface area contributed by atoms with Crippen LogP contribution in [0.4, 0.5) is 5.82 Å². The second-order valence-corrected chi connectivity index (χ2v) is 6.86. The largest absolute Gasteiger partial charge is 0.493 e. The standard InChI is InChI=1S/C20H23N3O2S.2H2O/c1-12(14-6-8-15(26-5)9-7-14)21-20-16-10-18(24-3)19(25-4)11-17(16)22-13(2)23-20;;/h6-12H,1-5H3,(H,21,22,23);2*1H2/t12-;;/m1../s1. The molecule has 0 aliphatic carbocycles. The zero-order chi connectivity index (χ0) is 18.7. The van der Waals surface area contributed by atoms with E-state index in [0.29, 0.717) is 17.3 Å². The predicted molar refractivity (Wildman–Crippen MR) is 115 cm³/mol. The summed E-state index contributed by atoms with van der Waals surface area (Å²) in [7, 11) is 3.25. The smallest absolute Gasteiger partial charge is 0.162 e. The molecule has 0 fully saturated rings. The number of hydrogen-bond donors (Lipinski definition) is 1. The molecule has 5 N–H and O–H groups in total. The summed E-state index contributed by atoms with van der Waals surface area (Å²) in [5, 5.41) is 4.42. The van der Waals surface area contributed by atoms with Gasteiger partial charge in [0, 0.05) is 22.4 Å². The third kappa shape index (κ3) is 4.83. The van der Waals surface area contributed by atoms with Crippen LogP contribution in [0.1, 0.15) is 24.4 Å². The van der Waals surface area contributed by atoms with Crippen molar-refractivity contribution in [3.8, 4) is 11.5 Å². The van der Waals surface area contributed by atoms with Gasteiger partial charge in [-0.25, -0.2) is 9.97 Å². The van der Waals surface area contributed by atoms with E-state index >= 15 is 0 Å². The molecule has 0 unspecified atom stereocenters. The Balaban J connectivity index is 0.00000196. The van der Waals surface area contributed by atoms with Gasteiger partial charge in [-0.15, -0.1) is 11.8 Å². The fourth-order valence-corrected chi connectivity index (χ4v) is 3.27.